The molecule has 0 N–H and O–H groups in total. The smallest absolute Gasteiger partial charge is 0.426 e. The van der Waals surface area contributed by atoms with Crippen molar-refractivity contribution < 1.29 is 26.7 Å². The van der Waals surface area contributed by atoms with Crippen LogP contribution in [0.3, 0.4) is 0 Å². The molecule has 22 heavy (non-hydrogen) atoms. The molecule has 0 aromatic heterocycles. The molecular weight excluding hydrogens is 303 g/mol. The van der Waals surface area contributed by atoms with E-state index in [1.165, 1.54) is 12.1 Å². The highest BCUT2D eigenvalue weighted by atomic mass is 19.4. The van der Waals surface area contributed by atoms with E-state index in [2.05, 4.69) is 11.7 Å². The maximum absolute atomic E-state index is 12.8. The van der Waals surface area contributed by atoms with Gasteiger partial charge in [-0.3, -0.25) is 0 Å². The average molecular weight is 315 g/mol. The number of alkyl halides is 5. The second-order valence-electron chi connectivity index (χ2n) is 4.55. The molecule has 0 bridgehead atoms. The maximum Gasteiger partial charge on any atom is 0.499 e. The molecule has 0 heterocycles. The maximum atomic E-state index is 12.8. The van der Waals surface area contributed by atoms with Crippen molar-refractivity contribution in [2.24, 2.45) is 0 Å². The molecule has 0 aliphatic carbocycles. The van der Waals surface area contributed by atoms with Crippen molar-refractivity contribution in [2.45, 2.75) is 18.7 Å². The normalized spacial score (nSPS) is 12.3. The lowest BCUT2D eigenvalue weighted by Crippen LogP contribution is -2.41. The third-order valence-electron chi connectivity index (χ3n) is 3.03. The van der Waals surface area contributed by atoms with Gasteiger partial charge in [-0.25, -0.2) is 0 Å². The first kappa shape index (κ1) is 16.3. The van der Waals surface area contributed by atoms with Crippen LogP contribution in [-0.2, 0) is 6.42 Å². The summed E-state index contributed by atoms with van der Waals surface area (Å²) in [7, 11) is 0. The molecule has 0 fully saturated rings. The van der Waals surface area contributed by atoms with Gasteiger partial charge >= 0.3 is 12.3 Å². The first-order valence-electron chi connectivity index (χ1n) is 6.36. The van der Waals surface area contributed by atoms with Crippen LogP contribution in [0.25, 0.3) is 11.1 Å². The lowest BCUT2D eigenvalue weighted by atomic mass is 9.98. The quantitative estimate of drug-likeness (QED) is 0.699. The summed E-state index contributed by atoms with van der Waals surface area (Å²) in [6, 6.07) is 12.3. The fourth-order valence-corrected chi connectivity index (χ4v) is 1.93. The molecule has 2 rings (SSSR count). The number of ether oxygens (including phenoxy) is 1. The summed E-state index contributed by atoms with van der Waals surface area (Å²) in [5, 5.41) is 0. The van der Waals surface area contributed by atoms with Gasteiger partial charge < -0.3 is 4.74 Å². The third-order valence-corrected chi connectivity index (χ3v) is 3.03. The highest BCUT2D eigenvalue weighted by Crippen LogP contribution is 2.37. The van der Waals surface area contributed by atoms with Gasteiger partial charge in [0, 0.05) is 0 Å². The number of halogens is 5. The molecule has 2 aromatic rings. The first-order chi connectivity index (χ1) is 10.2. The molecule has 0 amide bonds. The van der Waals surface area contributed by atoms with Crippen molar-refractivity contribution in [3.63, 3.8) is 0 Å². The predicted octanol–water partition coefficient (Wildman–Crippen LogP) is 5.26. The highest BCUT2D eigenvalue weighted by molar-refractivity contribution is 5.68. The van der Waals surface area contributed by atoms with E-state index in [0.717, 1.165) is 23.3 Å². The zero-order valence-electron chi connectivity index (χ0n) is 11.3. The summed E-state index contributed by atoms with van der Waals surface area (Å²) in [6.45, 7) is 3.79. The summed E-state index contributed by atoms with van der Waals surface area (Å²) in [6.07, 6.45) is -10.5. The molecule has 1 nitrogen and oxygen atoms in total. The second kappa shape index (κ2) is 5.94. The van der Waals surface area contributed by atoms with Gasteiger partial charge in [-0.05, 0) is 42.2 Å². The Morgan fingerprint density at radius 2 is 1.45 bits per heavy atom. The molecule has 2 aromatic carbocycles. The minimum atomic E-state index is -5.76. The molecular formula is C16H12F5O. The molecule has 0 aliphatic rings. The van der Waals surface area contributed by atoms with Gasteiger partial charge in [0.15, 0.2) is 0 Å². The summed E-state index contributed by atoms with van der Waals surface area (Å²) in [5.74, 6) is -0.557. The summed E-state index contributed by atoms with van der Waals surface area (Å²) < 4.78 is 65.6. The fraction of sp³-hybridized carbons (Fsp3) is 0.188. The Hall–Kier alpha value is -2.11. The Kier molecular flexibility index (Phi) is 4.39. The Balaban J connectivity index is 2.24. The minimum absolute atomic E-state index is 0.528. The summed E-state index contributed by atoms with van der Waals surface area (Å²) in [4.78, 5) is 0. The summed E-state index contributed by atoms with van der Waals surface area (Å²) >= 11 is 0. The lowest BCUT2D eigenvalue weighted by Gasteiger charge is -2.20. The van der Waals surface area contributed by atoms with Crippen molar-refractivity contribution in [1.82, 2.24) is 0 Å². The molecule has 1 radical (unpaired) electrons. The van der Waals surface area contributed by atoms with E-state index in [1.807, 2.05) is 18.2 Å². The van der Waals surface area contributed by atoms with Gasteiger partial charge in [-0.2, -0.15) is 22.0 Å². The van der Waals surface area contributed by atoms with Crippen LogP contribution in [0, 0.1) is 6.92 Å². The van der Waals surface area contributed by atoms with Gasteiger partial charge in [0.25, 0.3) is 0 Å². The number of hydrogen-bond acceptors (Lipinski definition) is 1. The van der Waals surface area contributed by atoms with Gasteiger partial charge in [0.05, 0.1) is 0 Å². The van der Waals surface area contributed by atoms with E-state index < -0.39 is 18.0 Å². The second-order valence-corrected chi connectivity index (χ2v) is 4.55. The topological polar surface area (TPSA) is 9.23 Å². The number of rotatable bonds is 4. The Bertz CT molecular complexity index is 632. The van der Waals surface area contributed by atoms with Gasteiger partial charge in [0.1, 0.15) is 5.75 Å². The summed E-state index contributed by atoms with van der Waals surface area (Å²) in [5.41, 5.74) is 2.46. The lowest BCUT2D eigenvalue weighted by molar-refractivity contribution is -0.360. The van der Waals surface area contributed by atoms with E-state index in [9.17, 15) is 22.0 Å². The van der Waals surface area contributed by atoms with Crippen molar-refractivity contribution in [1.29, 1.82) is 0 Å². The van der Waals surface area contributed by atoms with Crippen LogP contribution >= 0.6 is 0 Å². The van der Waals surface area contributed by atoms with E-state index in [4.69, 9.17) is 0 Å². The molecule has 0 spiro atoms. The van der Waals surface area contributed by atoms with Gasteiger partial charge in [-0.15, -0.1) is 0 Å². The molecule has 0 saturated carbocycles. The number of hydrogen-bond donors (Lipinski definition) is 0. The van der Waals surface area contributed by atoms with Crippen LogP contribution in [-0.4, -0.2) is 12.3 Å². The zero-order valence-corrected chi connectivity index (χ0v) is 11.3. The van der Waals surface area contributed by atoms with Crippen LogP contribution < -0.4 is 4.74 Å². The minimum Gasteiger partial charge on any atom is -0.426 e. The first-order valence-corrected chi connectivity index (χ1v) is 6.36. The zero-order chi connectivity index (χ0) is 16.4. The molecule has 0 unspecified atom stereocenters. The van der Waals surface area contributed by atoms with Crippen LogP contribution in [0.1, 0.15) is 5.56 Å². The molecule has 0 saturated heterocycles. The van der Waals surface area contributed by atoms with Crippen molar-refractivity contribution in [2.75, 3.05) is 0 Å². The van der Waals surface area contributed by atoms with Crippen LogP contribution in [0.5, 0.6) is 5.75 Å². The monoisotopic (exact) mass is 315 g/mol. The van der Waals surface area contributed by atoms with Crippen LogP contribution in [0.2, 0.25) is 0 Å². The van der Waals surface area contributed by atoms with E-state index >= 15 is 0 Å². The average Bonchev–Trinajstić information content (AvgIpc) is 2.46. The number of benzene rings is 2. The van der Waals surface area contributed by atoms with Crippen LogP contribution in [0.15, 0.2) is 48.5 Å². The molecule has 0 atom stereocenters. The Morgan fingerprint density at radius 3 is 2.00 bits per heavy atom. The SMILES string of the molecule is [CH2]Cc1ccccc1-c1ccc(OC(F)(F)C(F)(F)F)cc1. The van der Waals surface area contributed by atoms with Crippen LogP contribution in [0.4, 0.5) is 22.0 Å². The Labute approximate surface area is 124 Å². The Morgan fingerprint density at radius 1 is 0.864 bits per heavy atom. The largest absolute Gasteiger partial charge is 0.499 e. The van der Waals surface area contributed by atoms with Crippen molar-refractivity contribution >= 4 is 0 Å². The fourth-order valence-electron chi connectivity index (χ4n) is 1.93. The van der Waals surface area contributed by atoms with Gasteiger partial charge in [-0.1, -0.05) is 36.4 Å². The van der Waals surface area contributed by atoms with Crippen molar-refractivity contribution in [3.8, 4) is 16.9 Å². The molecule has 117 valence electrons. The van der Waals surface area contributed by atoms with Gasteiger partial charge in [0.2, 0.25) is 0 Å². The standard InChI is InChI=1S/C16H12F5O/c1-2-11-5-3-4-6-14(11)12-7-9-13(10-8-12)22-16(20,21)15(17,18)19/h3-10H,1-2H2. The molecule has 6 heteroatoms. The third kappa shape index (κ3) is 3.37. The molecule has 0 aliphatic heterocycles. The van der Waals surface area contributed by atoms with E-state index in [1.54, 1.807) is 6.07 Å². The van der Waals surface area contributed by atoms with Crippen molar-refractivity contribution in [3.05, 3.63) is 61.0 Å². The van der Waals surface area contributed by atoms with E-state index in [0.29, 0.717) is 12.0 Å². The van der Waals surface area contributed by atoms with E-state index in [-0.39, 0.29) is 0 Å². The predicted molar refractivity (Wildman–Crippen MR) is 72.6 cm³/mol. The highest BCUT2D eigenvalue weighted by Gasteiger charge is 2.61.